The molecule has 3 aromatic rings. The van der Waals surface area contributed by atoms with Crippen molar-refractivity contribution in [1.82, 2.24) is 4.90 Å². The molecule has 1 aliphatic carbocycles. The van der Waals surface area contributed by atoms with Crippen LogP contribution in [0.4, 0.5) is 11.4 Å². The number of anilines is 2. The van der Waals surface area contributed by atoms with Crippen molar-refractivity contribution in [1.29, 1.82) is 0 Å². The maximum atomic E-state index is 13.9. The van der Waals surface area contributed by atoms with E-state index >= 15 is 0 Å². The molecular formula is C36H46ClN3O3. The van der Waals surface area contributed by atoms with Crippen molar-refractivity contribution < 1.29 is 14.3 Å². The van der Waals surface area contributed by atoms with Crippen LogP contribution in [0.2, 0.25) is 5.02 Å². The van der Waals surface area contributed by atoms with Crippen molar-refractivity contribution in [2.45, 2.75) is 70.6 Å². The summed E-state index contributed by atoms with van der Waals surface area (Å²) in [5, 5.41) is 0.663. The minimum absolute atomic E-state index is 0.0369. The summed E-state index contributed by atoms with van der Waals surface area (Å²) in [6, 6.07) is 20.7. The molecule has 0 saturated heterocycles. The summed E-state index contributed by atoms with van der Waals surface area (Å²) in [5.41, 5.74) is 5.03. The van der Waals surface area contributed by atoms with Crippen LogP contribution in [0.1, 0.15) is 68.7 Å². The maximum Gasteiger partial charge on any atom is 0.232 e. The molecule has 1 fully saturated rings. The number of benzene rings is 3. The molecule has 0 bridgehead atoms. The van der Waals surface area contributed by atoms with Crippen LogP contribution in [0.25, 0.3) is 0 Å². The molecule has 6 nitrogen and oxygen atoms in total. The van der Waals surface area contributed by atoms with E-state index in [1.54, 1.807) is 7.11 Å². The first-order valence-electron chi connectivity index (χ1n) is 15.6. The normalized spacial score (nSPS) is 21.0. The smallest absolute Gasteiger partial charge is 0.232 e. The van der Waals surface area contributed by atoms with Crippen molar-refractivity contribution in [3.63, 3.8) is 0 Å². The molecule has 1 heterocycles. The van der Waals surface area contributed by atoms with Crippen LogP contribution < -0.4 is 19.3 Å². The Labute approximate surface area is 262 Å². The Hall–Kier alpha value is -3.22. The van der Waals surface area contributed by atoms with Gasteiger partial charge in [-0.25, -0.2) is 0 Å². The van der Waals surface area contributed by atoms with E-state index in [1.807, 2.05) is 35.2 Å². The summed E-state index contributed by atoms with van der Waals surface area (Å²) < 4.78 is 12.0. The van der Waals surface area contributed by atoms with Gasteiger partial charge in [0.2, 0.25) is 5.91 Å². The molecule has 5 rings (SSSR count). The van der Waals surface area contributed by atoms with Crippen molar-refractivity contribution >= 4 is 28.9 Å². The summed E-state index contributed by atoms with van der Waals surface area (Å²) in [7, 11) is 8.21. The summed E-state index contributed by atoms with van der Waals surface area (Å²) >= 11 is 6.28. The van der Waals surface area contributed by atoms with E-state index in [4.69, 9.17) is 21.1 Å². The van der Waals surface area contributed by atoms with Gasteiger partial charge in [0.1, 0.15) is 0 Å². The third-order valence-electron chi connectivity index (χ3n) is 9.32. The molecule has 0 N–H and O–H groups in total. The molecule has 1 amide bonds. The summed E-state index contributed by atoms with van der Waals surface area (Å²) in [4.78, 5) is 20.5. The van der Waals surface area contributed by atoms with Crippen LogP contribution in [0, 0.1) is 5.92 Å². The summed E-state index contributed by atoms with van der Waals surface area (Å²) in [5.74, 6) is 2.10. The van der Waals surface area contributed by atoms with Crippen molar-refractivity contribution in [2.75, 3.05) is 44.6 Å². The van der Waals surface area contributed by atoms with Gasteiger partial charge in [0.15, 0.2) is 11.5 Å². The lowest BCUT2D eigenvalue weighted by atomic mass is 9.85. The average molecular weight is 604 g/mol. The van der Waals surface area contributed by atoms with Gasteiger partial charge < -0.3 is 24.2 Å². The topological polar surface area (TPSA) is 45.3 Å². The number of methoxy groups -OCH3 is 1. The van der Waals surface area contributed by atoms with Crippen LogP contribution in [-0.4, -0.2) is 57.8 Å². The molecule has 2 aliphatic rings. The Balaban J connectivity index is 1.44. The number of nitrogens with zero attached hydrogens (tertiary/aromatic N) is 3. The number of fused-ring (bicyclic) bond motifs is 1. The fraction of sp³-hybridized carbons (Fsp3) is 0.472. The predicted octanol–water partition coefficient (Wildman–Crippen LogP) is 7.76. The molecule has 1 saturated carbocycles. The zero-order chi connectivity index (χ0) is 30.7. The molecule has 43 heavy (non-hydrogen) atoms. The molecule has 1 aliphatic heterocycles. The Kier molecular flexibility index (Phi) is 9.88. The molecule has 7 heteroatoms. The van der Waals surface area contributed by atoms with Crippen LogP contribution in [0.3, 0.4) is 0 Å². The quantitative estimate of drug-likeness (QED) is 0.237. The van der Waals surface area contributed by atoms with Gasteiger partial charge in [-0.1, -0.05) is 30.7 Å². The number of ether oxygens (including phenoxy) is 2. The first-order chi connectivity index (χ1) is 20.7. The fourth-order valence-corrected chi connectivity index (χ4v) is 6.71. The van der Waals surface area contributed by atoms with Gasteiger partial charge in [-0.2, -0.15) is 0 Å². The molecule has 0 aromatic heterocycles. The Morgan fingerprint density at radius 1 is 0.953 bits per heavy atom. The van der Waals surface area contributed by atoms with E-state index in [9.17, 15) is 4.79 Å². The average Bonchev–Trinajstić information content (AvgIpc) is 3.01. The van der Waals surface area contributed by atoms with Crippen LogP contribution in [0.5, 0.6) is 11.5 Å². The van der Waals surface area contributed by atoms with Gasteiger partial charge in [0.05, 0.1) is 25.7 Å². The minimum atomic E-state index is -0.325. The third kappa shape index (κ3) is 6.97. The van der Waals surface area contributed by atoms with Gasteiger partial charge in [-0.15, -0.1) is 0 Å². The fourth-order valence-electron chi connectivity index (χ4n) is 6.58. The largest absolute Gasteiger partial charge is 0.493 e. The lowest BCUT2D eigenvalue weighted by molar-refractivity contribution is -0.118. The Morgan fingerprint density at radius 3 is 2.23 bits per heavy atom. The highest BCUT2D eigenvalue weighted by molar-refractivity contribution is 6.30. The Morgan fingerprint density at radius 2 is 1.63 bits per heavy atom. The SMILES string of the molecule is CC[C@@H](C)Oc1cc2c(cc1OC)CC(=O)N(c1ccc(N(C)C[C@H]3CC[C@H](N(C)C)CC3)cc1)[C@@H]2c1ccc(Cl)cc1. The standard InChI is InChI=1S/C36H46ClN3O3/c1-7-24(2)43-34-22-32-27(20-33(34)42-6)21-35(41)40(36(32)26-10-12-28(37)13-11-26)31-18-16-30(17-19-31)39(5)23-25-8-14-29(15-9-25)38(3)4/h10-13,16-20,22,24-25,29,36H,7-9,14-15,21,23H2,1-6H3/t24-,25-,29-,36-/m1/s1. The van der Waals surface area contributed by atoms with Gasteiger partial charge in [-0.05, 0) is 124 Å². The lowest BCUT2D eigenvalue weighted by Gasteiger charge is -2.38. The first-order valence-corrected chi connectivity index (χ1v) is 16.0. The number of hydrogen-bond acceptors (Lipinski definition) is 5. The van der Waals surface area contributed by atoms with Gasteiger partial charge >= 0.3 is 0 Å². The van der Waals surface area contributed by atoms with Crippen LogP contribution >= 0.6 is 11.6 Å². The number of carbonyl (C=O) groups excluding carboxylic acids is 1. The number of halogens is 1. The summed E-state index contributed by atoms with van der Waals surface area (Å²) in [6.45, 7) is 5.20. The molecule has 0 unspecified atom stereocenters. The van der Waals surface area contributed by atoms with Crippen molar-refractivity contribution in [3.8, 4) is 11.5 Å². The zero-order valence-corrected chi connectivity index (χ0v) is 27.2. The number of hydrogen-bond donors (Lipinski definition) is 0. The third-order valence-corrected chi connectivity index (χ3v) is 9.58. The highest BCUT2D eigenvalue weighted by Gasteiger charge is 2.36. The summed E-state index contributed by atoms with van der Waals surface area (Å²) in [6.07, 6.45) is 6.28. The second kappa shape index (κ2) is 13.6. The lowest BCUT2D eigenvalue weighted by Crippen LogP contribution is -2.41. The van der Waals surface area contributed by atoms with E-state index in [2.05, 4.69) is 75.1 Å². The molecular weight excluding hydrogens is 558 g/mol. The number of amides is 1. The van der Waals surface area contributed by atoms with E-state index < -0.39 is 0 Å². The predicted molar refractivity (Wildman–Crippen MR) is 177 cm³/mol. The number of rotatable bonds is 10. The molecule has 2 atom stereocenters. The van der Waals surface area contributed by atoms with E-state index in [0.29, 0.717) is 28.5 Å². The zero-order valence-electron chi connectivity index (χ0n) is 26.5. The molecule has 230 valence electrons. The molecule has 0 radical (unpaired) electrons. The van der Waals surface area contributed by atoms with Gasteiger partial charge in [0, 0.05) is 36.0 Å². The van der Waals surface area contributed by atoms with Crippen LogP contribution in [-0.2, 0) is 11.2 Å². The first kappa shape index (κ1) is 31.2. The van der Waals surface area contributed by atoms with Crippen LogP contribution in [0.15, 0.2) is 60.7 Å². The van der Waals surface area contributed by atoms with Gasteiger partial charge in [0.25, 0.3) is 0 Å². The van der Waals surface area contributed by atoms with Crippen molar-refractivity contribution in [2.24, 2.45) is 5.92 Å². The highest BCUT2D eigenvalue weighted by atomic mass is 35.5. The number of carbonyl (C=O) groups is 1. The second-order valence-corrected chi connectivity index (χ2v) is 12.9. The van der Waals surface area contributed by atoms with E-state index in [-0.39, 0.29) is 24.5 Å². The van der Waals surface area contributed by atoms with Gasteiger partial charge in [-0.3, -0.25) is 4.79 Å². The van der Waals surface area contributed by atoms with E-state index in [0.717, 1.165) is 35.3 Å². The minimum Gasteiger partial charge on any atom is -0.493 e. The Bertz CT molecular complexity index is 1380. The molecule has 3 aromatic carbocycles. The van der Waals surface area contributed by atoms with Crippen molar-refractivity contribution in [3.05, 3.63) is 82.4 Å². The van der Waals surface area contributed by atoms with E-state index in [1.165, 1.54) is 31.4 Å². The molecule has 0 spiro atoms. The highest BCUT2D eigenvalue weighted by Crippen LogP contribution is 2.44. The monoisotopic (exact) mass is 603 g/mol. The second-order valence-electron chi connectivity index (χ2n) is 12.5. The maximum absolute atomic E-state index is 13.9.